The number of fused-ring (bicyclic) bond motifs is 1. The van der Waals surface area contributed by atoms with Crippen LogP contribution in [0.25, 0.3) is 10.1 Å². The van der Waals surface area contributed by atoms with E-state index in [1.165, 1.54) is 18.4 Å². The number of benzene rings is 1. The first-order valence-corrected chi connectivity index (χ1v) is 5.38. The number of ether oxygens (including phenoxy) is 1. The van der Waals surface area contributed by atoms with Gasteiger partial charge in [-0.15, -0.1) is 11.3 Å². The van der Waals surface area contributed by atoms with Crippen molar-refractivity contribution in [2.24, 2.45) is 0 Å². The Kier molecular flexibility index (Phi) is 2.42. The van der Waals surface area contributed by atoms with Gasteiger partial charge < -0.3 is 4.74 Å². The molecule has 0 radical (unpaired) electrons. The summed E-state index contributed by atoms with van der Waals surface area (Å²) in [6.07, 6.45) is 0.784. The van der Waals surface area contributed by atoms with Gasteiger partial charge in [-0.05, 0) is 34.9 Å². The quantitative estimate of drug-likeness (QED) is 0.735. The van der Waals surface area contributed by atoms with Crippen LogP contribution in [0.1, 0.15) is 12.5 Å². The molecule has 0 bridgehead atoms. The molecule has 0 amide bonds. The van der Waals surface area contributed by atoms with E-state index >= 15 is 0 Å². The lowest BCUT2D eigenvalue weighted by molar-refractivity contribution is 0.384. The number of methoxy groups -OCH3 is 1. The molecule has 0 aliphatic heterocycles. The first kappa shape index (κ1) is 9.46. The zero-order valence-corrected chi connectivity index (χ0v) is 8.95. The highest BCUT2D eigenvalue weighted by molar-refractivity contribution is 7.17. The average Bonchev–Trinajstić information content (AvgIpc) is 2.65. The van der Waals surface area contributed by atoms with Gasteiger partial charge in [-0.2, -0.15) is 0 Å². The van der Waals surface area contributed by atoms with Gasteiger partial charge in [0.2, 0.25) is 0 Å². The molecule has 0 atom stereocenters. The second-order valence-electron chi connectivity index (χ2n) is 3.08. The second kappa shape index (κ2) is 3.58. The summed E-state index contributed by atoms with van der Waals surface area (Å²) in [5.74, 6) is 0.166. The van der Waals surface area contributed by atoms with Crippen molar-refractivity contribution < 1.29 is 9.13 Å². The SMILES string of the molecule is CCc1cc2ccsc2c(F)c1OC. The molecule has 0 saturated carbocycles. The number of hydrogen-bond donors (Lipinski definition) is 0. The van der Waals surface area contributed by atoms with Crippen LogP contribution in [0.4, 0.5) is 4.39 Å². The average molecular weight is 210 g/mol. The molecule has 14 heavy (non-hydrogen) atoms. The number of rotatable bonds is 2. The van der Waals surface area contributed by atoms with E-state index < -0.39 is 0 Å². The highest BCUT2D eigenvalue weighted by Crippen LogP contribution is 2.33. The summed E-state index contributed by atoms with van der Waals surface area (Å²) < 4.78 is 19.6. The summed E-state index contributed by atoms with van der Waals surface area (Å²) in [5, 5.41) is 2.86. The zero-order valence-electron chi connectivity index (χ0n) is 8.13. The molecule has 1 aromatic carbocycles. The van der Waals surface area contributed by atoms with Gasteiger partial charge in [-0.3, -0.25) is 0 Å². The first-order valence-electron chi connectivity index (χ1n) is 4.50. The highest BCUT2D eigenvalue weighted by Gasteiger charge is 2.13. The molecule has 1 nitrogen and oxygen atoms in total. The molecule has 3 heteroatoms. The van der Waals surface area contributed by atoms with Gasteiger partial charge in [-0.1, -0.05) is 6.92 Å². The Balaban J connectivity index is 2.79. The van der Waals surface area contributed by atoms with Crippen molar-refractivity contribution in [3.63, 3.8) is 0 Å². The molecule has 0 spiro atoms. The van der Waals surface area contributed by atoms with Crippen molar-refractivity contribution in [2.45, 2.75) is 13.3 Å². The van der Waals surface area contributed by atoms with Crippen molar-refractivity contribution in [1.29, 1.82) is 0 Å². The van der Waals surface area contributed by atoms with Crippen LogP contribution in [0.3, 0.4) is 0 Å². The van der Waals surface area contributed by atoms with Gasteiger partial charge in [0, 0.05) is 0 Å². The van der Waals surface area contributed by atoms with Crippen LogP contribution in [0.15, 0.2) is 17.5 Å². The molecule has 0 aliphatic rings. The van der Waals surface area contributed by atoms with E-state index in [2.05, 4.69) is 0 Å². The summed E-state index contributed by atoms with van der Waals surface area (Å²) in [6.45, 7) is 2.00. The molecule has 0 unspecified atom stereocenters. The van der Waals surface area contributed by atoms with Crippen LogP contribution >= 0.6 is 11.3 Å². The molecule has 2 aromatic rings. The lowest BCUT2D eigenvalue weighted by atomic mass is 10.1. The molecule has 0 saturated heterocycles. The van der Waals surface area contributed by atoms with E-state index in [4.69, 9.17) is 4.74 Å². The third-order valence-corrected chi connectivity index (χ3v) is 3.22. The molecule has 74 valence electrons. The van der Waals surface area contributed by atoms with Crippen LogP contribution in [0.5, 0.6) is 5.75 Å². The summed E-state index contributed by atoms with van der Waals surface area (Å²) in [7, 11) is 1.51. The molecule has 0 fully saturated rings. The Bertz CT molecular complexity index is 462. The minimum Gasteiger partial charge on any atom is -0.493 e. The fourth-order valence-electron chi connectivity index (χ4n) is 1.59. The van der Waals surface area contributed by atoms with Gasteiger partial charge in [0.1, 0.15) is 0 Å². The van der Waals surface area contributed by atoms with Crippen LogP contribution in [0, 0.1) is 5.82 Å². The predicted octanol–water partition coefficient (Wildman–Crippen LogP) is 3.61. The maximum absolute atomic E-state index is 13.8. The Hall–Kier alpha value is -1.09. The van der Waals surface area contributed by atoms with Gasteiger partial charge in [0.05, 0.1) is 11.8 Å². The molecule has 0 N–H and O–H groups in total. The van der Waals surface area contributed by atoms with E-state index in [1.54, 1.807) is 0 Å². The first-order chi connectivity index (χ1) is 6.77. The molecule has 1 heterocycles. The smallest absolute Gasteiger partial charge is 0.183 e. The third kappa shape index (κ3) is 1.28. The topological polar surface area (TPSA) is 9.23 Å². The molecule has 2 rings (SSSR count). The molecule has 1 aromatic heterocycles. The number of halogens is 1. The van der Waals surface area contributed by atoms with E-state index in [0.717, 1.165) is 17.4 Å². The lowest BCUT2D eigenvalue weighted by Gasteiger charge is -2.08. The summed E-state index contributed by atoms with van der Waals surface area (Å²) >= 11 is 1.41. The standard InChI is InChI=1S/C11H11FOS/c1-3-7-6-8-4-5-14-11(8)9(12)10(7)13-2/h4-6H,3H2,1-2H3. The van der Waals surface area contributed by atoms with Crippen molar-refractivity contribution in [3.05, 3.63) is 28.9 Å². The minimum atomic E-state index is -0.225. The van der Waals surface area contributed by atoms with Crippen LogP contribution in [-0.2, 0) is 6.42 Å². The fourth-order valence-corrected chi connectivity index (χ4v) is 2.40. The second-order valence-corrected chi connectivity index (χ2v) is 3.99. The summed E-state index contributed by atoms with van der Waals surface area (Å²) in [4.78, 5) is 0. The lowest BCUT2D eigenvalue weighted by Crippen LogP contribution is -1.94. The van der Waals surface area contributed by atoms with Crippen LogP contribution in [0.2, 0.25) is 0 Å². The van der Waals surface area contributed by atoms with E-state index in [1.807, 2.05) is 24.4 Å². The Labute approximate surface area is 86.1 Å². The van der Waals surface area contributed by atoms with Crippen molar-refractivity contribution in [3.8, 4) is 5.75 Å². The van der Waals surface area contributed by atoms with Crippen molar-refractivity contribution in [2.75, 3.05) is 7.11 Å². The maximum atomic E-state index is 13.8. The number of hydrogen-bond acceptors (Lipinski definition) is 2. The monoisotopic (exact) mass is 210 g/mol. The zero-order chi connectivity index (χ0) is 10.1. The van der Waals surface area contributed by atoms with E-state index in [0.29, 0.717) is 10.4 Å². The molecule has 0 aliphatic carbocycles. The predicted molar refractivity (Wildman–Crippen MR) is 57.7 cm³/mol. The van der Waals surface area contributed by atoms with E-state index in [-0.39, 0.29) is 5.82 Å². The highest BCUT2D eigenvalue weighted by atomic mass is 32.1. The largest absolute Gasteiger partial charge is 0.493 e. The third-order valence-electron chi connectivity index (χ3n) is 2.30. The van der Waals surface area contributed by atoms with E-state index in [9.17, 15) is 4.39 Å². The van der Waals surface area contributed by atoms with Gasteiger partial charge in [0.15, 0.2) is 11.6 Å². The Morgan fingerprint density at radius 3 is 2.93 bits per heavy atom. The maximum Gasteiger partial charge on any atom is 0.183 e. The van der Waals surface area contributed by atoms with Crippen LogP contribution < -0.4 is 4.74 Å². The van der Waals surface area contributed by atoms with Gasteiger partial charge in [0.25, 0.3) is 0 Å². The number of aryl methyl sites for hydroxylation is 1. The van der Waals surface area contributed by atoms with Gasteiger partial charge >= 0.3 is 0 Å². The van der Waals surface area contributed by atoms with Crippen LogP contribution in [-0.4, -0.2) is 7.11 Å². The fraction of sp³-hybridized carbons (Fsp3) is 0.273. The molecular weight excluding hydrogens is 199 g/mol. The Morgan fingerprint density at radius 2 is 2.29 bits per heavy atom. The van der Waals surface area contributed by atoms with Gasteiger partial charge in [-0.25, -0.2) is 4.39 Å². The summed E-state index contributed by atoms with van der Waals surface area (Å²) in [6, 6.07) is 3.93. The number of thiophene rings is 1. The Morgan fingerprint density at radius 1 is 1.50 bits per heavy atom. The van der Waals surface area contributed by atoms with Crippen molar-refractivity contribution in [1.82, 2.24) is 0 Å². The normalized spacial score (nSPS) is 10.8. The van der Waals surface area contributed by atoms with Crippen molar-refractivity contribution >= 4 is 21.4 Å². The summed E-state index contributed by atoms with van der Waals surface area (Å²) in [5.41, 5.74) is 0.927. The minimum absolute atomic E-state index is 0.225. The molecular formula is C11H11FOS.